The average molecular weight is 930 g/mol. The number of nitrogens with two attached hydrogens (primary N) is 1. The van der Waals surface area contributed by atoms with Crippen LogP contribution >= 0.6 is 7.82 Å². The minimum Gasteiger partial charge on any atom is -0.462 e. The first-order valence-electron chi connectivity index (χ1n) is 26.1. The normalized spacial score (nSPS) is 13.8. The van der Waals surface area contributed by atoms with Crippen LogP contribution in [0.1, 0.15) is 219 Å². The summed E-state index contributed by atoms with van der Waals surface area (Å²) < 4.78 is 32.9. The first-order valence-corrected chi connectivity index (χ1v) is 27.6. The van der Waals surface area contributed by atoms with Gasteiger partial charge in [-0.25, -0.2) is 4.57 Å². The number of carbonyl (C=O) groups is 2. The molecule has 0 saturated carbocycles. The summed E-state index contributed by atoms with van der Waals surface area (Å²) in [5.74, 6) is -0.846. The molecule has 9 nitrogen and oxygen atoms in total. The molecule has 0 radical (unpaired) electrons. The summed E-state index contributed by atoms with van der Waals surface area (Å²) in [6, 6.07) is 0. The molecule has 0 bridgehead atoms. The topological polar surface area (TPSA) is 134 Å². The number of hydrogen-bond donors (Lipinski definition) is 2. The van der Waals surface area contributed by atoms with Crippen molar-refractivity contribution < 1.29 is 37.6 Å². The van der Waals surface area contributed by atoms with Gasteiger partial charge >= 0.3 is 19.8 Å². The van der Waals surface area contributed by atoms with Crippen LogP contribution in [0.2, 0.25) is 0 Å². The first kappa shape index (κ1) is 62.2. The molecule has 2 unspecified atom stereocenters. The fourth-order valence-corrected chi connectivity index (χ4v) is 7.70. The molecule has 0 heterocycles. The highest BCUT2D eigenvalue weighted by Crippen LogP contribution is 2.43. The Bertz CT molecular complexity index is 1340. The summed E-state index contributed by atoms with van der Waals surface area (Å²) in [4.78, 5) is 35.0. The number of hydrogen-bond acceptors (Lipinski definition) is 8. The van der Waals surface area contributed by atoms with E-state index in [2.05, 4.69) is 98.9 Å². The van der Waals surface area contributed by atoms with Gasteiger partial charge in [0.2, 0.25) is 0 Å². The molecule has 65 heavy (non-hydrogen) atoms. The molecule has 3 N–H and O–H groups in total. The lowest BCUT2D eigenvalue weighted by atomic mass is 10.0. The van der Waals surface area contributed by atoms with Crippen LogP contribution in [0.4, 0.5) is 0 Å². The Balaban J connectivity index is 3.95. The zero-order valence-corrected chi connectivity index (χ0v) is 42.3. The van der Waals surface area contributed by atoms with Gasteiger partial charge in [-0.2, -0.15) is 0 Å². The molecule has 0 aliphatic carbocycles. The molecule has 0 aromatic carbocycles. The Morgan fingerprint density at radius 3 is 1.26 bits per heavy atom. The molecular weight excluding hydrogens is 834 g/mol. The lowest BCUT2D eigenvalue weighted by Crippen LogP contribution is -2.29. The number of phosphoric ester groups is 1. The third-order valence-electron chi connectivity index (χ3n) is 10.7. The van der Waals surface area contributed by atoms with Crippen LogP contribution in [0.15, 0.2) is 85.1 Å². The predicted octanol–water partition coefficient (Wildman–Crippen LogP) is 16.0. The van der Waals surface area contributed by atoms with Crippen LogP contribution in [-0.2, 0) is 32.7 Å². The van der Waals surface area contributed by atoms with Crippen LogP contribution in [-0.4, -0.2) is 49.3 Å². The molecule has 0 spiro atoms. The molecule has 0 saturated heterocycles. The zero-order valence-electron chi connectivity index (χ0n) is 41.4. The minimum atomic E-state index is -4.39. The highest BCUT2D eigenvalue weighted by atomic mass is 31.2. The standard InChI is InChI=1S/C55H96NO8P/c1-3-5-7-9-11-13-15-17-18-19-20-21-22-23-24-25-26-27-28-29-30-31-32-33-34-36-38-40-42-44-46-48-55(58)64-53(52-63-65(59,60)62-50-49-56)51-61-54(57)47-45-43-41-39-37-35-16-14-12-10-8-6-4-2/h5,7-8,10-11,13-14,16-18,20-21,23-24,53H,3-4,6,9,12,15,19,22,25-52,56H2,1-2H3,(H,59,60)/b7-5-,10-8-,13-11-,16-14-,18-17-,21-20-,24-23-. The molecule has 0 aliphatic rings. The molecule has 0 amide bonds. The third kappa shape index (κ3) is 50.4. The average Bonchev–Trinajstić information content (AvgIpc) is 3.30. The van der Waals surface area contributed by atoms with E-state index in [1.807, 2.05) is 0 Å². The first-order chi connectivity index (χ1) is 31.8. The number of ether oxygens (including phenoxy) is 2. The van der Waals surface area contributed by atoms with Crippen molar-refractivity contribution in [2.45, 2.75) is 225 Å². The van der Waals surface area contributed by atoms with Crippen molar-refractivity contribution in [3.8, 4) is 0 Å². The summed E-state index contributed by atoms with van der Waals surface area (Å²) in [7, 11) is -4.39. The van der Waals surface area contributed by atoms with Gasteiger partial charge < -0.3 is 20.1 Å². The summed E-state index contributed by atoms with van der Waals surface area (Å²) in [6.45, 7) is 3.54. The van der Waals surface area contributed by atoms with E-state index in [9.17, 15) is 19.0 Å². The van der Waals surface area contributed by atoms with Gasteiger partial charge in [0.25, 0.3) is 0 Å². The summed E-state index contributed by atoms with van der Waals surface area (Å²) in [5.41, 5.74) is 5.36. The lowest BCUT2D eigenvalue weighted by molar-refractivity contribution is -0.161. The fraction of sp³-hybridized carbons (Fsp3) is 0.709. The number of rotatable bonds is 48. The van der Waals surface area contributed by atoms with Crippen molar-refractivity contribution in [3.05, 3.63) is 85.1 Å². The van der Waals surface area contributed by atoms with Crippen LogP contribution in [0.25, 0.3) is 0 Å². The second-order valence-electron chi connectivity index (χ2n) is 17.0. The lowest BCUT2D eigenvalue weighted by Gasteiger charge is -2.19. The van der Waals surface area contributed by atoms with Gasteiger partial charge in [0, 0.05) is 19.4 Å². The SMILES string of the molecule is CC/C=C\C/C=C\C/C=C\C/C=C\C/C=C\CCCCCCCCCCCCCCCCCC(=O)OC(COC(=O)CCCCCCC/C=C\C/C=C\CCC)COP(=O)(O)OCCN. The molecule has 0 rings (SSSR count). The molecule has 0 aromatic rings. The molecule has 2 atom stereocenters. The molecular formula is C55H96NO8P. The Labute approximate surface area is 398 Å². The zero-order chi connectivity index (χ0) is 47.4. The second kappa shape index (κ2) is 50.6. The maximum absolute atomic E-state index is 12.7. The van der Waals surface area contributed by atoms with Gasteiger partial charge in [-0.3, -0.25) is 18.6 Å². The molecule has 0 aromatic heterocycles. The Hall–Kier alpha value is -2.81. The van der Waals surface area contributed by atoms with Gasteiger partial charge in [0.15, 0.2) is 6.10 Å². The van der Waals surface area contributed by atoms with Crippen molar-refractivity contribution in [2.75, 3.05) is 26.4 Å². The number of unbranched alkanes of at least 4 members (excludes halogenated alkanes) is 21. The maximum atomic E-state index is 12.7. The van der Waals surface area contributed by atoms with Gasteiger partial charge in [-0.05, 0) is 83.5 Å². The van der Waals surface area contributed by atoms with Crippen molar-refractivity contribution in [3.63, 3.8) is 0 Å². The molecule has 10 heteroatoms. The maximum Gasteiger partial charge on any atom is 0.472 e. The van der Waals surface area contributed by atoms with E-state index >= 15 is 0 Å². The number of allylic oxidation sites excluding steroid dienone is 14. The van der Waals surface area contributed by atoms with E-state index < -0.39 is 32.5 Å². The van der Waals surface area contributed by atoms with E-state index in [1.165, 1.54) is 83.5 Å². The van der Waals surface area contributed by atoms with Crippen molar-refractivity contribution in [2.24, 2.45) is 5.73 Å². The number of phosphoric acid groups is 1. The second-order valence-corrected chi connectivity index (χ2v) is 18.5. The van der Waals surface area contributed by atoms with Gasteiger partial charge in [0.05, 0.1) is 13.2 Å². The summed E-state index contributed by atoms with van der Waals surface area (Å²) in [5, 5.41) is 0. The third-order valence-corrected chi connectivity index (χ3v) is 11.7. The van der Waals surface area contributed by atoms with Crippen LogP contribution in [0.5, 0.6) is 0 Å². The van der Waals surface area contributed by atoms with Crippen LogP contribution < -0.4 is 5.73 Å². The largest absolute Gasteiger partial charge is 0.472 e. The van der Waals surface area contributed by atoms with Crippen molar-refractivity contribution in [1.82, 2.24) is 0 Å². The van der Waals surface area contributed by atoms with E-state index in [1.54, 1.807) is 0 Å². The summed E-state index contributed by atoms with van der Waals surface area (Å²) in [6.07, 6.45) is 64.9. The van der Waals surface area contributed by atoms with Gasteiger partial charge in [-0.1, -0.05) is 208 Å². The van der Waals surface area contributed by atoms with Crippen molar-refractivity contribution in [1.29, 1.82) is 0 Å². The predicted molar refractivity (Wildman–Crippen MR) is 275 cm³/mol. The highest BCUT2D eigenvalue weighted by molar-refractivity contribution is 7.47. The fourth-order valence-electron chi connectivity index (χ4n) is 6.94. The van der Waals surface area contributed by atoms with Crippen LogP contribution in [0.3, 0.4) is 0 Å². The van der Waals surface area contributed by atoms with E-state index in [0.29, 0.717) is 12.8 Å². The number of esters is 2. The van der Waals surface area contributed by atoms with Crippen LogP contribution in [0, 0.1) is 0 Å². The quantitative estimate of drug-likeness (QED) is 0.0265. The Kier molecular flexibility index (Phi) is 48.4. The smallest absolute Gasteiger partial charge is 0.462 e. The Morgan fingerprint density at radius 2 is 0.846 bits per heavy atom. The molecule has 0 fully saturated rings. The highest BCUT2D eigenvalue weighted by Gasteiger charge is 2.26. The van der Waals surface area contributed by atoms with E-state index in [0.717, 1.165) is 96.3 Å². The van der Waals surface area contributed by atoms with E-state index in [4.69, 9.17) is 24.3 Å². The van der Waals surface area contributed by atoms with Gasteiger partial charge in [0.1, 0.15) is 6.61 Å². The monoisotopic (exact) mass is 930 g/mol. The van der Waals surface area contributed by atoms with Gasteiger partial charge in [-0.15, -0.1) is 0 Å². The summed E-state index contributed by atoms with van der Waals surface area (Å²) >= 11 is 0. The molecule has 374 valence electrons. The van der Waals surface area contributed by atoms with E-state index in [-0.39, 0.29) is 32.6 Å². The van der Waals surface area contributed by atoms with Crippen molar-refractivity contribution >= 4 is 19.8 Å². The minimum absolute atomic E-state index is 0.0486. The number of carbonyl (C=O) groups excluding carboxylic acids is 2. The molecule has 0 aliphatic heterocycles. The Morgan fingerprint density at radius 1 is 0.477 bits per heavy atom.